The van der Waals surface area contributed by atoms with Gasteiger partial charge in [0.25, 0.3) is 5.91 Å². The second-order valence-electron chi connectivity index (χ2n) is 3.78. The minimum absolute atomic E-state index is 0.00629. The van der Waals surface area contributed by atoms with E-state index in [4.69, 9.17) is 4.74 Å². The first-order valence-corrected chi connectivity index (χ1v) is 5.73. The number of aryl methyl sites for hydroxylation is 1. The summed E-state index contributed by atoms with van der Waals surface area (Å²) in [5.41, 5.74) is 0.313. The molecule has 0 atom stereocenters. The third-order valence-electron chi connectivity index (χ3n) is 2.29. The molecule has 0 bridgehead atoms. The molecule has 2 N–H and O–H groups in total. The summed E-state index contributed by atoms with van der Waals surface area (Å²) in [6.07, 6.45) is 0. The van der Waals surface area contributed by atoms with Gasteiger partial charge in [-0.25, -0.2) is 9.37 Å². The van der Waals surface area contributed by atoms with Gasteiger partial charge in [-0.3, -0.25) is 9.89 Å². The molecule has 0 aliphatic carbocycles. The van der Waals surface area contributed by atoms with Gasteiger partial charge in [0.15, 0.2) is 11.6 Å². The predicted molar refractivity (Wildman–Crippen MR) is 66.6 cm³/mol. The van der Waals surface area contributed by atoms with Gasteiger partial charge in [-0.2, -0.15) is 0 Å². The van der Waals surface area contributed by atoms with Crippen LogP contribution in [0, 0.1) is 12.7 Å². The molecule has 0 aliphatic heterocycles. The lowest BCUT2D eigenvalue weighted by molar-refractivity contribution is 0.101. The number of carbonyl (C=O) groups excluding carboxylic acids is 1. The third kappa shape index (κ3) is 3.06. The molecule has 2 aromatic rings. The van der Waals surface area contributed by atoms with Gasteiger partial charge in [0.2, 0.25) is 5.82 Å². The van der Waals surface area contributed by atoms with Crippen LogP contribution < -0.4 is 10.1 Å². The van der Waals surface area contributed by atoms with Gasteiger partial charge in [-0.1, -0.05) is 0 Å². The van der Waals surface area contributed by atoms with Gasteiger partial charge in [0.05, 0.1) is 6.61 Å². The molecule has 1 aromatic heterocycles. The Balaban J connectivity index is 2.11. The average Bonchev–Trinajstić information content (AvgIpc) is 2.80. The van der Waals surface area contributed by atoms with Crippen LogP contribution in [-0.2, 0) is 0 Å². The maximum absolute atomic E-state index is 13.6. The third-order valence-corrected chi connectivity index (χ3v) is 2.29. The normalized spacial score (nSPS) is 10.3. The standard InChI is InChI=1S/C12H13FN4O2/c1-3-19-10-5-4-8(6-9(10)13)15-12(18)11-14-7(2)16-17-11/h4-6H,3H2,1-2H3,(H,15,18)(H,14,16,17). The highest BCUT2D eigenvalue weighted by Gasteiger charge is 2.12. The molecule has 0 spiro atoms. The number of nitrogens with zero attached hydrogens (tertiary/aromatic N) is 2. The van der Waals surface area contributed by atoms with Crippen molar-refractivity contribution in [2.75, 3.05) is 11.9 Å². The Morgan fingerprint density at radius 3 is 2.89 bits per heavy atom. The molecule has 1 aromatic carbocycles. The summed E-state index contributed by atoms with van der Waals surface area (Å²) in [4.78, 5) is 15.6. The van der Waals surface area contributed by atoms with Crippen LogP contribution in [0.1, 0.15) is 23.4 Å². The molecule has 0 unspecified atom stereocenters. The van der Waals surface area contributed by atoms with E-state index in [0.29, 0.717) is 18.1 Å². The number of ether oxygens (including phenoxy) is 1. The minimum atomic E-state index is -0.536. The molecule has 1 heterocycles. The van der Waals surface area contributed by atoms with Crippen LogP contribution in [0.5, 0.6) is 5.75 Å². The zero-order valence-corrected chi connectivity index (χ0v) is 10.5. The van der Waals surface area contributed by atoms with Crippen molar-refractivity contribution in [2.24, 2.45) is 0 Å². The van der Waals surface area contributed by atoms with Crippen molar-refractivity contribution in [3.05, 3.63) is 35.7 Å². The maximum atomic E-state index is 13.6. The van der Waals surface area contributed by atoms with Gasteiger partial charge < -0.3 is 10.1 Å². The van der Waals surface area contributed by atoms with Gasteiger partial charge in [0, 0.05) is 11.8 Å². The SMILES string of the molecule is CCOc1ccc(NC(=O)c2n[nH]c(C)n2)cc1F. The first kappa shape index (κ1) is 13.0. The van der Waals surface area contributed by atoms with Crippen molar-refractivity contribution >= 4 is 11.6 Å². The highest BCUT2D eigenvalue weighted by molar-refractivity contribution is 6.01. The summed E-state index contributed by atoms with van der Waals surface area (Å²) >= 11 is 0. The van der Waals surface area contributed by atoms with Crippen LogP contribution in [0.2, 0.25) is 0 Å². The number of hydrogen-bond donors (Lipinski definition) is 2. The van der Waals surface area contributed by atoms with Crippen molar-refractivity contribution in [1.82, 2.24) is 15.2 Å². The summed E-state index contributed by atoms with van der Waals surface area (Å²) in [7, 11) is 0. The van der Waals surface area contributed by atoms with Gasteiger partial charge in [-0.05, 0) is 26.0 Å². The molecule has 2 rings (SSSR count). The van der Waals surface area contributed by atoms with E-state index in [9.17, 15) is 9.18 Å². The Kier molecular flexibility index (Phi) is 3.74. The zero-order valence-electron chi connectivity index (χ0n) is 10.5. The van der Waals surface area contributed by atoms with Gasteiger partial charge in [0.1, 0.15) is 5.82 Å². The molecule has 0 radical (unpaired) electrons. The van der Waals surface area contributed by atoms with Crippen molar-refractivity contribution in [2.45, 2.75) is 13.8 Å². The number of rotatable bonds is 4. The van der Waals surface area contributed by atoms with Crippen LogP contribution in [0.3, 0.4) is 0 Å². The highest BCUT2D eigenvalue weighted by Crippen LogP contribution is 2.21. The number of carbonyl (C=O) groups is 1. The number of hydrogen-bond acceptors (Lipinski definition) is 4. The van der Waals surface area contributed by atoms with Crippen LogP contribution >= 0.6 is 0 Å². The topological polar surface area (TPSA) is 79.9 Å². The number of aromatic nitrogens is 3. The lowest BCUT2D eigenvalue weighted by Crippen LogP contribution is -2.14. The smallest absolute Gasteiger partial charge is 0.295 e. The molecule has 7 heteroatoms. The Morgan fingerprint density at radius 2 is 2.32 bits per heavy atom. The Morgan fingerprint density at radius 1 is 1.53 bits per heavy atom. The molecule has 100 valence electrons. The lowest BCUT2D eigenvalue weighted by atomic mass is 10.3. The van der Waals surface area contributed by atoms with E-state index in [1.807, 2.05) is 0 Å². The Bertz CT molecular complexity index is 597. The van der Waals surface area contributed by atoms with Crippen LogP contribution in [-0.4, -0.2) is 27.7 Å². The average molecular weight is 264 g/mol. The first-order chi connectivity index (χ1) is 9.10. The van der Waals surface area contributed by atoms with E-state index in [1.54, 1.807) is 19.9 Å². The quantitative estimate of drug-likeness (QED) is 0.883. The van der Waals surface area contributed by atoms with E-state index >= 15 is 0 Å². The fourth-order valence-corrected chi connectivity index (χ4v) is 1.48. The summed E-state index contributed by atoms with van der Waals surface area (Å²) in [6, 6.07) is 4.19. The molecule has 0 saturated carbocycles. The number of halogens is 1. The van der Waals surface area contributed by atoms with Crippen molar-refractivity contribution in [1.29, 1.82) is 0 Å². The summed E-state index contributed by atoms with van der Waals surface area (Å²) in [6.45, 7) is 3.82. The number of amides is 1. The maximum Gasteiger partial charge on any atom is 0.295 e. The number of anilines is 1. The van der Waals surface area contributed by atoms with Gasteiger partial charge >= 0.3 is 0 Å². The number of nitrogens with one attached hydrogen (secondary N) is 2. The Labute approximate surface area is 109 Å². The second-order valence-corrected chi connectivity index (χ2v) is 3.78. The van der Waals surface area contributed by atoms with E-state index in [0.717, 1.165) is 0 Å². The molecule has 6 nitrogen and oxygen atoms in total. The fraction of sp³-hybridized carbons (Fsp3) is 0.250. The second kappa shape index (κ2) is 5.47. The van der Waals surface area contributed by atoms with Crippen molar-refractivity contribution in [3.8, 4) is 5.75 Å². The minimum Gasteiger partial charge on any atom is -0.491 e. The van der Waals surface area contributed by atoms with E-state index in [2.05, 4.69) is 20.5 Å². The van der Waals surface area contributed by atoms with E-state index in [-0.39, 0.29) is 11.6 Å². The zero-order chi connectivity index (χ0) is 13.8. The number of aromatic amines is 1. The number of H-pyrrole nitrogens is 1. The van der Waals surface area contributed by atoms with Gasteiger partial charge in [-0.15, -0.1) is 5.10 Å². The van der Waals surface area contributed by atoms with E-state index in [1.165, 1.54) is 12.1 Å². The monoisotopic (exact) mass is 264 g/mol. The predicted octanol–water partition coefficient (Wildman–Crippen LogP) is 1.90. The molecule has 1 amide bonds. The van der Waals surface area contributed by atoms with Crippen LogP contribution in [0.25, 0.3) is 0 Å². The molecule has 19 heavy (non-hydrogen) atoms. The first-order valence-electron chi connectivity index (χ1n) is 5.73. The lowest BCUT2D eigenvalue weighted by Gasteiger charge is -2.07. The molecule has 0 fully saturated rings. The van der Waals surface area contributed by atoms with Crippen LogP contribution in [0.4, 0.5) is 10.1 Å². The summed E-state index contributed by atoms with van der Waals surface area (Å²) in [5, 5.41) is 8.77. The van der Waals surface area contributed by atoms with Crippen molar-refractivity contribution < 1.29 is 13.9 Å². The molecular weight excluding hydrogens is 251 g/mol. The summed E-state index contributed by atoms with van der Waals surface area (Å²) < 4.78 is 18.6. The molecule has 0 saturated heterocycles. The fourth-order valence-electron chi connectivity index (χ4n) is 1.48. The Hall–Kier alpha value is -2.44. The highest BCUT2D eigenvalue weighted by atomic mass is 19.1. The molecular formula is C12H13FN4O2. The van der Waals surface area contributed by atoms with Crippen LogP contribution in [0.15, 0.2) is 18.2 Å². The summed E-state index contributed by atoms with van der Waals surface area (Å²) in [5.74, 6) is -0.359. The largest absolute Gasteiger partial charge is 0.491 e. The van der Waals surface area contributed by atoms with Crippen molar-refractivity contribution in [3.63, 3.8) is 0 Å². The van der Waals surface area contributed by atoms with E-state index < -0.39 is 11.7 Å². The number of benzene rings is 1. The molecule has 0 aliphatic rings.